The van der Waals surface area contributed by atoms with E-state index in [1.54, 1.807) is 0 Å². The van der Waals surface area contributed by atoms with Gasteiger partial charge in [-0.1, -0.05) is 292 Å². The fourth-order valence-corrected chi connectivity index (χ4v) is 10.4. The molecule has 0 saturated carbocycles. The Morgan fingerprint density at radius 1 is 0.390 bits per heavy atom. The minimum Gasteiger partial charge on any atom is -0.462 e. The van der Waals surface area contributed by atoms with Gasteiger partial charge in [0.2, 0.25) is 0 Å². The molecule has 10 heteroatoms. The molecule has 0 aliphatic heterocycles. The molecule has 0 radical (unpaired) electrons. The van der Waals surface area contributed by atoms with Crippen molar-refractivity contribution in [3.05, 3.63) is 85.1 Å². The second-order valence-electron chi connectivity index (χ2n) is 24.2. The summed E-state index contributed by atoms with van der Waals surface area (Å²) in [7, 11) is 1.47. The van der Waals surface area contributed by atoms with Crippen molar-refractivity contribution in [2.24, 2.45) is 0 Å². The smallest absolute Gasteiger partial charge is 0.462 e. The Morgan fingerprint density at radius 3 is 1.04 bits per heavy atom. The molecule has 0 heterocycles. The lowest BCUT2D eigenvalue weighted by atomic mass is 10.0. The van der Waals surface area contributed by atoms with Gasteiger partial charge in [-0.25, -0.2) is 4.57 Å². The van der Waals surface area contributed by atoms with Crippen LogP contribution >= 0.6 is 7.82 Å². The third kappa shape index (κ3) is 66.3. The van der Waals surface area contributed by atoms with Crippen molar-refractivity contribution in [1.82, 2.24) is 0 Å². The molecule has 0 aromatic carbocycles. The lowest BCUT2D eigenvalue weighted by molar-refractivity contribution is -0.870. The minimum absolute atomic E-state index is 0.0284. The normalized spacial score (nSPS) is 13.7. The fraction of sp³-hybridized carbons (Fsp3) is 0.778. The Balaban J connectivity index is 3.99. The van der Waals surface area contributed by atoms with E-state index in [9.17, 15) is 19.0 Å². The molecule has 0 aliphatic rings. The van der Waals surface area contributed by atoms with Crippen LogP contribution in [-0.2, 0) is 32.7 Å². The van der Waals surface area contributed by atoms with Crippen LogP contribution < -0.4 is 0 Å². The largest absolute Gasteiger partial charge is 0.472 e. The fourth-order valence-electron chi connectivity index (χ4n) is 9.66. The summed E-state index contributed by atoms with van der Waals surface area (Å²) in [4.78, 5) is 35.8. The van der Waals surface area contributed by atoms with Crippen molar-refractivity contribution in [2.75, 3.05) is 47.5 Å². The van der Waals surface area contributed by atoms with Gasteiger partial charge in [0.1, 0.15) is 19.8 Å². The van der Waals surface area contributed by atoms with Gasteiger partial charge >= 0.3 is 19.8 Å². The van der Waals surface area contributed by atoms with Gasteiger partial charge in [-0.05, 0) is 89.9 Å². The SMILES string of the molecule is CC/C=C\C/C=C\C/C=C\C/C=C\CCCCCCCCCCCCCCCCCCCCCCCCCCC(=O)OC(COC(=O)CCCCCCCC/C=C\C/C=C\C/C=C\CCCCCCC)COP(=O)(O)OCC[N+](C)(C)C. The molecule has 0 saturated heterocycles. The Kier molecular flexibility index (Phi) is 60.6. The summed E-state index contributed by atoms with van der Waals surface area (Å²) >= 11 is 0. The molecule has 1 N–H and O–H groups in total. The zero-order valence-electron chi connectivity index (χ0n) is 54.2. The first-order chi connectivity index (χ1) is 40.0. The summed E-state index contributed by atoms with van der Waals surface area (Å²) < 4.78 is 34.7. The van der Waals surface area contributed by atoms with Gasteiger partial charge in [0.05, 0.1) is 27.7 Å². The lowest BCUT2D eigenvalue weighted by Gasteiger charge is -2.24. The van der Waals surface area contributed by atoms with Crippen molar-refractivity contribution in [3.63, 3.8) is 0 Å². The number of phosphoric acid groups is 1. The number of nitrogens with zero attached hydrogens (tertiary/aromatic N) is 1. The van der Waals surface area contributed by atoms with Gasteiger partial charge in [0.25, 0.3) is 0 Å². The summed E-state index contributed by atoms with van der Waals surface area (Å²) in [6.45, 7) is 4.33. The molecule has 0 aromatic rings. The van der Waals surface area contributed by atoms with Crippen LogP contribution in [0.5, 0.6) is 0 Å². The predicted molar refractivity (Wildman–Crippen MR) is 353 cm³/mol. The number of carbonyl (C=O) groups is 2. The summed E-state index contributed by atoms with van der Waals surface area (Å²) in [5.41, 5.74) is 0. The van der Waals surface area contributed by atoms with E-state index in [0.29, 0.717) is 17.4 Å². The molecule has 0 fully saturated rings. The van der Waals surface area contributed by atoms with Crippen LogP contribution in [0.2, 0.25) is 0 Å². The molecule has 2 atom stereocenters. The maximum Gasteiger partial charge on any atom is 0.472 e. The molecular formula is C72H131NO8P+. The molecular weight excluding hydrogens is 1040 g/mol. The van der Waals surface area contributed by atoms with E-state index in [4.69, 9.17) is 18.5 Å². The van der Waals surface area contributed by atoms with Crippen LogP contribution in [0.1, 0.15) is 309 Å². The van der Waals surface area contributed by atoms with Crippen molar-refractivity contribution >= 4 is 19.8 Å². The zero-order valence-corrected chi connectivity index (χ0v) is 55.1. The average molecular weight is 1170 g/mol. The number of hydrogen-bond acceptors (Lipinski definition) is 7. The van der Waals surface area contributed by atoms with Crippen LogP contribution in [0.3, 0.4) is 0 Å². The minimum atomic E-state index is -4.40. The van der Waals surface area contributed by atoms with Gasteiger partial charge in [0.15, 0.2) is 6.10 Å². The Bertz CT molecular complexity index is 1660. The first kappa shape index (κ1) is 79.2. The molecule has 476 valence electrons. The number of ether oxygens (including phenoxy) is 2. The van der Waals surface area contributed by atoms with E-state index >= 15 is 0 Å². The standard InChI is InChI=1S/C72H130NO8P/c1-6-8-10-12-14-16-18-20-22-24-26-28-29-30-31-32-33-34-35-36-37-38-39-40-41-42-43-45-47-49-51-53-55-57-59-61-63-65-72(75)81-70(69-80-82(76,77)79-67-66-73(3,4)5)68-78-71(74)64-62-60-58-56-54-52-50-48-46-44-27-25-23-21-19-17-15-13-11-9-7-2/h8,10,14,16,19-22,25-28,46,48,70H,6-7,9,11-13,15,17-18,23-24,29-45,47,49-69H2,1-5H3/p+1/b10-8-,16-14-,21-19-,22-20-,27-25-,28-26-,48-46-. The van der Waals surface area contributed by atoms with E-state index in [1.807, 2.05) is 21.1 Å². The second kappa shape index (κ2) is 62.7. The van der Waals surface area contributed by atoms with Gasteiger partial charge < -0.3 is 18.9 Å². The average Bonchev–Trinajstić information content (AvgIpc) is 3.46. The third-order valence-corrected chi connectivity index (χ3v) is 15.9. The van der Waals surface area contributed by atoms with Crippen LogP contribution in [0.15, 0.2) is 85.1 Å². The van der Waals surface area contributed by atoms with Crippen LogP contribution in [0, 0.1) is 0 Å². The van der Waals surface area contributed by atoms with E-state index < -0.39 is 26.5 Å². The summed E-state index contributed by atoms with van der Waals surface area (Å²) in [5.74, 6) is -0.802. The van der Waals surface area contributed by atoms with E-state index in [-0.39, 0.29) is 32.0 Å². The van der Waals surface area contributed by atoms with Gasteiger partial charge in [-0.3, -0.25) is 18.6 Å². The number of rotatable bonds is 63. The van der Waals surface area contributed by atoms with Crippen LogP contribution in [0.25, 0.3) is 0 Å². The Hall–Kier alpha value is -2.81. The maximum absolute atomic E-state index is 12.9. The third-order valence-electron chi connectivity index (χ3n) is 14.9. The topological polar surface area (TPSA) is 108 Å². The zero-order chi connectivity index (χ0) is 59.8. The van der Waals surface area contributed by atoms with Gasteiger partial charge in [0, 0.05) is 12.8 Å². The van der Waals surface area contributed by atoms with Crippen LogP contribution in [0.4, 0.5) is 0 Å². The Labute approximate surface area is 507 Å². The van der Waals surface area contributed by atoms with E-state index in [1.165, 1.54) is 193 Å². The maximum atomic E-state index is 12.9. The number of phosphoric ester groups is 1. The summed E-state index contributed by atoms with van der Waals surface area (Å²) in [6.07, 6.45) is 85.5. The highest BCUT2D eigenvalue weighted by molar-refractivity contribution is 7.47. The van der Waals surface area contributed by atoms with Gasteiger partial charge in [-0.2, -0.15) is 0 Å². The number of hydrogen-bond donors (Lipinski definition) is 1. The quantitative estimate of drug-likeness (QED) is 0.0211. The number of carbonyl (C=O) groups excluding carboxylic acids is 2. The van der Waals surface area contributed by atoms with Crippen molar-refractivity contribution in [3.8, 4) is 0 Å². The predicted octanol–water partition coefficient (Wildman–Crippen LogP) is 22.2. The number of quaternary nitrogens is 1. The molecule has 0 amide bonds. The molecule has 82 heavy (non-hydrogen) atoms. The molecule has 0 bridgehead atoms. The molecule has 0 rings (SSSR count). The van der Waals surface area contributed by atoms with Crippen LogP contribution in [-0.4, -0.2) is 74.9 Å². The number of unbranched alkanes of at least 4 members (excludes halogenated alkanes) is 35. The van der Waals surface area contributed by atoms with Gasteiger partial charge in [-0.15, -0.1) is 0 Å². The molecule has 9 nitrogen and oxygen atoms in total. The highest BCUT2D eigenvalue weighted by atomic mass is 31.2. The van der Waals surface area contributed by atoms with Crippen molar-refractivity contribution in [1.29, 1.82) is 0 Å². The number of likely N-dealkylation sites (N-methyl/N-ethyl adjacent to an activating group) is 1. The molecule has 0 spiro atoms. The molecule has 0 aliphatic carbocycles. The van der Waals surface area contributed by atoms with Crippen molar-refractivity contribution < 1.29 is 42.1 Å². The monoisotopic (exact) mass is 1170 g/mol. The number of allylic oxidation sites excluding steroid dienone is 14. The van der Waals surface area contributed by atoms with Crippen molar-refractivity contribution in [2.45, 2.75) is 315 Å². The van der Waals surface area contributed by atoms with E-state index in [2.05, 4.69) is 98.9 Å². The second-order valence-corrected chi connectivity index (χ2v) is 25.6. The first-order valence-corrected chi connectivity index (χ1v) is 35.8. The highest BCUT2D eigenvalue weighted by Gasteiger charge is 2.27. The molecule has 0 aromatic heterocycles. The van der Waals surface area contributed by atoms with E-state index in [0.717, 1.165) is 83.5 Å². The number of esters is 2. The Morgan fingerprint density at radius 2 is 0.695 bits per heavy atom. The molecule has 2 unspecified atom stereocenters. The highest BCUT2D eigenvalue weighted by Crippen LogP contribution is 2.43. The first-order valence-electron chi connectivity index (χ1n) is 34.3. The summed E-state index contributed by atoms with van der Waals surface area (Å²) in [5, 5.41) is 0. The summed E-state index contributed by atoms with van der Waals surface area (Å²) in [6, 6.07) is 0. The lowest BCUT2D eigenvalue weighted by Crippen LogP contribution is -2.37.